The van der Waals surface area contributed by atoms with Gasteiger partial charge in [0.05, 0.1) is 12.8 Å². The predicted molar refractivity (Wildman–Crippen MR) is 81.6 cm³/mol. The number of aliphatic hydroxyl groups is 1. The van der Waals surface area contributed by atoms with Crippen LogP contribution in [0, 0.1) is 6.92 Å². The Hall–Kier alpha value is -2.86. The van der Waals surface area contributed by atoms with Crippen molar-refractivity contribution in [2.24, 2.45) is 0 Å². The first-order valence-corrected chi connectivity index (χ1v) is 7.16. The van der Waals surface area contributed by atoms with Gasteiger partial charge in [-0.2, -0.15) is 0 Å². The number of aromatic nitrogens is 1. The van der Waals surface area contributed by atoms with Gasteiger partial charge in [-0.15, -0.1) is 0 Å². The zero-order chi connectivity index (χ0) is 16.2. The average molecular weight is 312 g/mol. The van der Waals surface area contributed by atoms with Gasteiger partial charge in [0.25, 0.3) is 5.91 Å². The van der Waals surface area contributed by atoms with E-state index in [2.05, 4.69) is 10.3 Å². The molecule has 0 bridgehead atoms. The van der Waals surface area contributed by atoms with Crippen LogP contribution in [0.2, 0.25) is 0 Å². The third kappa shape index (κ3) is 3.32. The van der Waals surface area contributed by atoms with Crippen molar-refractivity contribution < 1.29 is 18.7 Å². The van der Waals surface area contributed by atoms with Gasteiger partial charge in [-0.3, -0.25) is 4.79 Å². The van der Waals surface area contributed by atoms with Gasteiger partial charge in [-0.25, -0.2) is 4.98 Å². The number of hydrogen-bond donors (Lipinski definition) is 2. The molecule has 2 N–H and O–H groups in total. The summed E-state index contributed by atoms with van der Waals surface area (Å²) < 4.78 is 10.6. The molecule has 1 unspecified atom stereocenters. The van der Waals surface area contributed by atoms with Gasteiger partial charge in [0.1, 0.15) is 11.5 Å². The van der Waals surface area contributed by atoms with E-state index in [1.54, 1.807) is 31.2 Å². The number of amides is 1. The van der Waals surface area contributed by atoms with Gasteiger partial charge in [-0.1, -0.05) is 30.3 Å². The minimum Gasteiger partial charge on any atom is -0.467 e. The molecular weight excluding hydrogens is 296 g/mol. The number of rotatable bonds is 5. The highest BCUT2D eigenvalue weighted by Crippen LogP contribution is 2.23. The van der Waals surface area contributed by atoms with E-state index >= 15 is 0 Å². The minimum absolute atomic E-state index is 0.0943. The molecule has 0 aliphatic heterocycles. The maximum Gasteiger partial charge on any atom is 0.273 e. The molecule has 0 aliphatic rings. The Morgan fingerprint density at radius 1 is 1.26 bits per heavy atom. The number of nitrogens with zero attached hydrogens (tertiary/aromatic N) is 1. The van der Waals surface area contributed by atoms with Crippen molar-refractivity contribution in [1.29, 1.82) is 0 Å². The number of oxazole rings is 1. The van der Waals surface area contributed by atoms with Crippen LogP contribution in [-0.2, 0) is 6.54 Å². The van der Waals surface area contributed by atoms with Gasteiger partial charge in [-0.05, 0) is 24.6 Å². The number of hydrogen-bond acceptors (Lipinski definition) is 5. The normalized spacial score (nSPS) is 12.1. The summed E-state index contributed by atoms with van der Waals surface area (Å²) >= 11 is 0. The summed E-state index contributed by atoms with van der Waals surface area (Å²) in [5, 5.41) is 13.0. The Balaban J connectivity index is 1.74. The van der Waals surface area contributed by atoms with E-state index in [0.717, 1.165) is 0 Å². The monoisotopic (exact) mass is 312 g/mol. The van der Waals surface area contributed by atoms with Crippen molar-refractivity contribution in [3.63, 3.8) is 0 Å². The third-order valence-electron chi connectivity index (χ3n) is 3.38. The largest absolute Gasteiger partial charge is 0.467 e. The lowest BCUT2D eigenvalue weighted by Crippen LogP contribution is -2.23. The summed E-state index contributed by atoms with van der Waals surface area (Å²) in [7, 11) is 0. The maximum absolute atomic E-state index is 12.2. The molecule has 1 aromatic carbocycles. The second kappa shape index (κ2) is 6.50. The summed E-state index contributed by atoms with van der Waals surface area (Å²) in [4.78, 5) is 16.3. The molecule has 118 valence electrons. The number of aliphatic hydroxyl groups excluding tert-OH is 1. The number of nitrogens with one attached hydrogen (secondary N) is 1. The number of aryl methyl sites for hydroxylation is 1. The smallest absolute Gasteiger partial charge is 0.273 e. The minimum atomic E-state index is -1.01. The number of furan rings is 1. The van der Waals surface area contributed by atoms with Crippen molar-refractivity contribution in [2.75, 3.05) is 0 Å². The molecule has 2 heterocycles. The lowest BCUT2D eigenvalue weighted by molar-refractivity contribution is 0.0942. The van der Waals surface area contributed by atoms with Crippen molar-refractivity contribution in [3.05, 3.63) is 77.4 Å². The van der Waals surface area contributed by atoms with Gasteiger partial charge >= 0.3 is 0 Å². The quantitative estimate of drug-likeness (QED) is 0.756. The van der Waals surface area contributed by atoms with E-state index < -0.39 is 6.10 Å². The van der Waals surface area contributed by atoms with Crippen LogP contribution < -0.4 is 5.32 Å². The van der Waals surface area contributed by atoms with Crippen LogP contribution in [0.15, 0.2) is 57.6 Å². The molecular formula is C17H16N2O4. The van der Waals surface area contributed by atoms with Gasteiger partial charge in [0, 0.05) is 0 Å². The Morgan fingerprint density at radius 3 is 2.74 bits per heavy atom. The van der Waals surface area contributed by atoms with Crippen molar-refractivity contribution in [1.82, 2.24) is 10.3 Å². The summed E-state index contributed by atoms with van der Waals surface area (Å²) in [5.41, 5.74) is 0.804. The first-order valence-electron chi connectivity index (χ1n) is 7.16. The molecule has 6 nitrogen and oxygen atoms in total. The lowest BCUT2D eigenvalue weighted by Gasteiger charge is -2.05. The van der Waals surface area contributed by atoms with Gasteiger partial charge < -0.3 is 19.3 Å². The maximum atomic E-state index is 12.2. The molecule has 6 heteroatoms. The SMILES string of the molecule is Cc1oc(C(O)c2ccccc2)nc1C(=O)NCc1ccco1. The van der Waals surface area contributed by atoms with E-state index in [9.17, 15) is 9.90 Å². The summed E-state index contributed by atoms with van der Waals surface area (Å²) in [6, 6.07) is 12.5. The fraction of sp³-hybridized carbons (Fsp3) is 0.176. The Kier molecular flexibility index (Phi) is 4.25. The predicted octanol–water partition coefficient (Wildman–Crippen LogP) is 2.59. The molecule has 3 rings (SSSR count). The molecule has 2 aromatic heterocycles. The highest BCUT2D eigenvalue weighted by atomic mass is 16.4. The van der Waals surface area contributed by atoms with Crippen LogP contribution in [0.3, 0.4) is 0 Å². The molecule has 0 radical (unpaired) electrons. The second-order valence-corrected chi connectivity index (χ2v) is 5.03. The Bertz CT molecular complexity index is 778. The zero-order valence-electron chi connectivity index (χ0n) is 12.5. The third-order valence-corrected chi connectivity index (χ3v) is 3.38. The van der Waals surface area contributed by atoms with Crippen LogP contribution in [0.5, 0.6) is 0 Å². The molecule has 23 heavy (non-hydrogen) atoms. The van der Waals surface area contributed by atoms with E-state index in [4.69, 9.17) is 8.83 Å². The number of benzene rings is 1. The van der Waals surface area contributed by atoms with E-state index in [-0.39, 0.29) is 24.0 Å². The Labute approximate surface area is 132 Å². The molecule has 3 aromatic rings. The average Bonchev–Trinajstić information content (AvgIpc) is 3.22. The number of carbonyl (C=O) groups is 1. The number of carbonyl (C=O) groups excluding carboxylic acids is 1. The van der Waals surface area contributed by atoms with Crippen LogP contribution in [0.25, 0.3) is 0 Å². The first-order chi connectivity index (χ1) is 11.1. The van der Waals surface area contributed by atoms with Crippen LogP contribution >= 0.6 is 0 Å². The standard InChI is InChI=1S/C17H16N2O4/c1-11-14(16(21)18-10-13-8-5-9-22-13)19-17(23-11)15(20)12-6-3-2-4-7-12/h2-9,15,20H,10H2,1H3,(H,18,21). The molecule has 0 saturated heterocycles. The highest BCUT2D eigenvalue weighted by molar-refractivity contribution is 5.93. The first kappa shape index (κ1) is 15.1. The molecule has 0 aliphatic carbocycles. The van der Waals surface area contributed by atoms with Gasteiger partial charge in [0.15, 0.2) is 11.8 Å². The molecule has 0 saturated carbocycles. The van der Waals surface area contributed by atoms with E-state index in [0.29, 0.717) is 17.1 Å². The van der Waals surface area contributed by atoms with E-state index in [1.165, 1.54) is 6.26 Å². The van der Waals surface area contributed by atoms with E-state index in [1.807, 2.05) is 18.2 Å². The molecule has 0 spiro atoms. The van der Waals surface area contributed by atoms with Crippen LogP contribution in [0.4, 0.5) is 0 Å². The summed E-state index contributed by atoms with van der Waals surface area (Å²) in [6.45, 7) is 1.89. The highest BCUT2D eigenvalue weighted by Gasteiger charge is 2.22. The van der Waals surface area contributed by atoms with Crippen molar-refractivity contribution >= 4 is 5.91 Å². The topological polar surface area (TPSA) is 88.5 Å². The second-order valence-electron chi connectivity index (χ2n) is 5.03. The Morgan fingerprint density at radius 2 is 2.04 bits per heavy atom. The van der Waals surface area contributed by atoms with Gasteiger partial charge in [0.2, 0.25) is 5.89 Å². The molecule has 1 amide bonds. The fourth-order valence-electron chi connectivity index (χ4n) is 2.19. The van der Waals surface area contributed by atoms with Crippen LogP contribution in [-0.4, -0.2) is 16.0 Å². The van der Waals surface area contributed by atoms with Crippen molar-refractivity contribution in [3.8, 4) is 0 Å². The molecule has 0 fully saturated rings. The fourth-order valence-corrected chi connectivity index (χ4v) is 2.19. The summed E-state index contributed by atoms with van der Waals surface area (Å²) in [6.07, 6.45) is 0.526. The van der Waals surface area contributed by atoms with Crippen molar-refractivity contribution in [2.45, 2.75) is 19.6 Å². The van der Waals surface area contributed by atoms with Crippen LogP contribution in [0.1, 0.15) is 39.6 Å². The molecule has 1 atom stereocenters. The zero-order valence-corrected chi connectivity index (χ0v) is 12.5. The summed E-state index contributed by atoms with van der Waals surface area (Å²) in [5.74, 6) is 0.710. The lowest BCUT2D eigenvalue weighted by atomic mass is 10.1.